The fourth-order valence-electron chi connectivity index (χ4n) is 2.19. The second kappa shape index (κ2) is 5.63. The van der Waals surface area contributed by atoms with Crippen molar-refractivity contribution in [3.63, 3.8) is 0 Å². The van der Waals surface area contributed by atoms with E-state index >= 15 is 0 Å². The van der Waals surface area contributed by atoms with Crippen molar-refractivity contribution < 1.29 is 0 Å². The highest BCUT2D eigenvalue weighted by molar-refractivity contribution is 5.24. The lowest BCUT2D eigenvalue weighted by atomic mass is 10.1. The SMILES string of the molecule is C[C@@H](N)c1ccc(CN2CCN(C)CC2)cc1. The number of hydrogen-bond donors (Lipinski definition) is 1. The zero-order chi connectivity index (χ0) is 12.3. The molecule has 0 radical (unpaired) electrons. The summed E-state index contributed by atoms with van der Waals surface area (Å²) in [5, 5.41) is 0. The van der Waals surface area contributed by atoms with Gasteiger partial charge in [-0.1, -0.05) is 24.3 Å². The van der Waals surface area contributed by atoms with Gasteiger partial charge in [0.25, 0.3) is 0 Å². The summed E-state index contributed by atoms with van der Waals surface area (Å²) in [7, 11) is 2.19. The van der Waals surface area contributed by atoms with Crippen LogP contribution in [0.15, 0.2) is 24.3 Å². The summed E-state index contributed by atoms with van der Waals surface area (Å²) < 4.78 is 0. The Morgan fingerprint density at radius 3 is 2.24 bits per heavy atom. The second-order valence-corrected chi connectivity index (χ2v) is 5.11. The first-order valence-corrected chi connectivity index (χ1v) is 6.40. The van der Waals surface area contributed by atoms with Crippen molar-refractivity contribution in [3.8, 4) is 0 Å². The van der Waals surface area contributed by atoms with Crippen LogP contribution in [0.25, 0.3) is 0 Å². The van der Waals surface area contributed by atoms with E-state index in [-0.39, 0.29) is 6.04 Å². The molecule has 1 heterocycles. The van der Waals surface area contributed by atoms with Crippen molar-refractivity contribution in [2.24, 2.45) is 5.73 Å². The maximum Gasteiger partial charge on any atom is 0.0266 e. The summed E-state index contributed by atoms with van der Waals surface area (Å²) in [5.74, 6) is 0. The second-order valence-electron chi connectivity index (χ2n) is 5.11. The molecule has 1 aliphatic heterocycles. The molecule has 0 bridgehead atoms. The topological polar surface area (TPSA) is 32.5 Å². The zero-order valence-corrected chi connectivity index (χ0v) is 10.9. The van der Waals surface area contributed by atoms with Gasteiger partial charge in [-0.3, -0.25) is 4.90 Å². The molecule has 1 saturated heterocycles. The van der Waals surface area contributed by atoms with Gasteiger partial charge in [-0.25, -0.2) is 0 Å². The maximum atomic E-state index is 5.85. The Balaban J connectivity index is 1.90. The Labute approximate surface area is 104 Å². The fraction of sp³-hybridized carbons (Fsp3) is 0.571. The van der Waals surface area contributed by atoms with Crippen LogP contribution in [0, 0.1) is 0 Å². The van der Waals surface area contributed by atoms with E-state index in [0.717, 1.165) is 6.54 Å². The molecule has 1 atom stereocenters. The summed E-state index contributed by atoms with van der Waals surface area (Å²) in [6, 6.07) is 8.84. The van der Waals surface area contributed by atoms with Crippen molar-refractivity contribution >= 4 is 0 Å². The molecule has 2 rings (SSSR count). The van der Waals surface area contributed by atoms with E-state index in [1.54, 1.807) is 0 Å². The lowest BCUT2D eigenvalue weighted by Crippen LogP contribution is -2.43. The normalized spacial score (nSPS) is 20.4. The lowest BCUT2D eigenvalue weighted by Gasteiger charge is -2.32. The van der Waals surface area contributed by atoms with Gasteiger partial charge in [0, 0.05) is 38.8 Å². The van der Waals surface area contributed by atoms with E-state index in [4.69, 9.17) is 5.73 Å². The Bertz CT molecular complexity index is 337. The molecule has 3 nitrogen and oxygen atoms in total. The largest absolute Gasteiger partial charge is 0.324 e. The first kappa shape index (κ1) is 12.6. The summed E-state index contributed by atoms with van der Waals surface area (Å²) >= 11 is 0. The molecule has 94 valence electrons. The minimum Gasteiger partial charge on any atom is -0.324 e. The first-order chi connectivity index (χ1) is 8.15. The molecule has 0 spiro atoms. The molecule has 0 unspecified atom stereocenters. The summed E-state index contributed by atoms with van der Waals surface area (Å²) in [6.07, 6.45) is 0. The molecule has 0 amide bonds. The van der Waals surface area contributed by atoms with Gasteiger partial charge >= 0.3 is 0 Å². The van der Waals surface area contributed by atoms with E-state index in [1.165, 1.54) is 37.3 Å². The Morgan fingerprint density at radius 1 is 1.12 bits per heavy atom. The lowest BCUT2D eigenvalue weighted by molar-refractivity contribution is 0.148. The van der Waals surface area contributed by atoms with Crippen molar-refractivity contribution in [3.05, 3.63) is 35.4 Å². The summed E-state index contributed by atoms with van der Waals surface area (Å²) in [4.78, 5) is 4.90. The summed E-state index contributed by atoms with van der Waals surface area (Å²) in [6.45, 7) is 7.79. The molecule has 1 aromatic carbocycles. The third kappa shape index (κ3) is 3.53. The zero-order valence-electron chi connectivity index (χ0n) is 10.9. The van der Waals surface area contributed by atoms with Gasteiger partial charge in [0.15, 0.2) is 0 Å². The molecule has 1 fully saturated rings. The number of nitrogens with two attached hydrogens (primary N) is 1. The highest BCUT2D eigenvalue weighted by atomic mass is 15.2. The number of likely N-dealkylation sites (N-methyl/N-ethyl adjacent to an activating group) is 1. The molecular formula is C14H23N3. The van der Waals surface area contributed by atoms with Gasteiger partial charge in [0.2, 0.25) is 0 Å². The van der Waals surface area contributed by atoms with Gasteiger partial charge in [-0.2, -0.15) is 0 Å². The molecule has 0 aliphatic carbocycles. The van der Waals surface area contributed by atoms with Crippen LogP contribution in [0.3, 0.4) is 0 Å². The molecule has 0 saturated carbocycles. The predicted molar refractivity (Wildman–Crippen MR) is 71.8 cm³/mol. The molecule has 17 heavy (non-hydrogen) atoms. The minimum absolute atomic E-state index is 0.132. The van der Waals surface area contributed by atoms with E-state index in [2.05, 4.69) is 41.1 Å². The number of piperazine rings is 1. The predicted octanol–water partition coefficient (Wildman–Crippen LogP) is 1.45. The average Bonchev–Trinajstić information content (AvgIpc) is 2.33. The smallest absolute Gasteiger partial charge is 0.0266 e. The van der Waals surface area contributed by atoms with E-state index in [9.17, 15) is 0 Å². The molecule has 1 aliphatic rings. The average molecular weight is 233 g/mol. The first-order valence-electron chi connectivity index (χ1n) is 6.40. The molecule has 0 aromatic heterocycles. The fourth-order valence-corrected chi connectivity index (χ4v) is 2.19. The number of benzene rings is 1. The van der Waals surface area contributed by atoms with Crippen molar-refractivity contribution in [2.75, 3.05) is 33.2 Å². The Morgan fingerprint density at radius 2 is 1.71 bits per heavy atom. The van der Waals surface area contributed by atoms with Crippen LogP contribution in [-0.2, 0) is 6.54 Å². The standard InChI is InChI=1S/C14H23N3/c1-12(15)14-5-3-13(4-6-14)11-17-9-7-16(2)8-10-17/h3-6,12H,7-11,15H2,1-2H3/t12-/m1/s1. The van der Waals surface area contributed by atoms with Gasteiger partial charge in [0.1, 0.15) is 0 Å². The number of rotatable bonds is 3. The summed E-state index contributed by atoms with van der Waals surface area (Å²) in [5.41, 5.74) is 8.45. The van der Waals surface area contributed by atoms with E-state index in [1.807, 2.05) is 6.92 Å². The van der Waals surface area contributed by atoms with Crippen LogP contribution < -0.4 is 5.73 Å². The maximum absolute atomic E-state index is 5.85. The highest BCUT2D eigenvalue weighted by Crippen LogP contribution is 2.13. The molecule has 1 aromatic rings. The van der Waals surface area contributed by atoms with Crippen LogP contribution in [0.4, 0.5) is 0 Å². The highest BCUT2D eigenvalue weighted by Gasteiger charge is 2.13. The van der Waals surface area contributed by atoms with Gasteiger partial charge < -0.3 is 10.6 Å². The van der Waals surface area contributed by atoms with E-state index in [0.29, 0.717) is 0 Å². The molecule has 2 N–H and O–H groups in total. The van der Waals surface area contributed by atoms with Crippen LogP contribution in [0.2, 0.25) is 0 Å². The van der Waals surface area contributed by atoms with Gasteiger partial charge in [0.05, 0.1) is 0 Å². The Kier molecular flexibility index (Phi) is 4.15. The van der Waals surface area contributed by atoms with Crippen LogP contribution in [0.1, 0.15) is 24.1 Å². The van der Waals surface area contributed by atoms with Crippen molar-refractivity contribution in [2.45, 2.75) is 19.5 Å². The van der Waals surface area contributed by atoms with Crippen molar-refractivity contribution in [1.29, 1.82) is 0 Å². The quantitative estimate of drug-likeness (QED) is 0.858. The number of hydrogen-bond acceptors (Lipinski definition) is 3. The minimum atomic E-state index is 0.132. The Hall–Kier alpha value is -0.900. The number of nitrogens with zero attached hydrogens (tertiary/aromatic N) is 2. The van der Waals surface area contributed by atoms with Gasteiger partial charge in [-0.15, -0.1) is 0 Å². The molecular weight excluding hydrogens is 210 g/mol. The van der Waals surface area contributed by atoms with E-state index < -0.39 is 0 Å². The van der Waals surface area contributed by atoms with Crippen molar-refractivity contribution in [1.82, 2.24) is 9.80 Å². The van der Waals surface area contributed by atoms with Gasteiger partial charge in [-0.05, 0) is 25.1 Å². The monoisotopic (exact) mass is 233 g/mol. The molecule has 3 heteroatoms. The van der Waals surface area contributed by atoms with Crippen LogP contribution in [0.5, 0.6) is 0 Å². The third-order valence-corrected chi connectivity index (χ3v) is 3.51. The van der Waals surface area contributed by atoms with Crippen LogP contribution in [-0.4, -0.2) is 43.0 Å². The third-order valence-electron chi connectivity index (χ3n) is 3.51. The van der Waals surface area contributed by atoms with Crippen LogP contribution >= 0.6 is 0 Å².